The van der Waals surface area contributed by atoms with E-state index >= 15 is 0 Å². The Hall–Kier alpha value is -1.81. The van der Waals surface area contributed by atoms with Crippen LogP contribution in [0.5, 0.6) is 0 Å². The van der Waals surface area contributed by atoms with E-state index in [2.05, 4.69) is 4.98 Å². The molecule has 1 heterocycles. The zero-order valence-corrected chi connectivity index (χ0v) is 9.68. The van der Waals surface area contributed by atoms with E-state index in [-0.39, 0.29) is 5.56 Å². The van der Waals surface area contributed by atoms with Gasteiger partial charge >= 0.3 is 0 Å². The van der Waals surface area contributed by atoms with E-state index in [1.54, 1.807) is 12.4 Å². The molecule has 0 aliphatic carbocycles. The topological polar surface area (TPSA) is 33.1 Å². The molecule has 1 unspecified atom stereocenters. The molecular formula is C14H13F2NO. The first kappa shape index (κ1) is 12.6. The second-order valence-corrected chi connectivity index (χ2v) is 4.08. The molecule has 0 aliphatic heterocycles. The number of aryl methyl sites for hydroxylation is 1. The van der Waals surface area contributed by atoms with Crippen LogP contribution in [0, 0.1) is 11.6 Å². The van der Waals surface area contributed by atoms with Gasteiger partial charge in [0.15, 0.2) is 0 Å². The molecule has 1 aromatic heterocycles. The summed E-state index contributed by atoms with van der Waals surface area (Å²) < 4.78 is 26.1. The summed E-state index contributed by atoms with van der Waals surface area (Å²) in [6.07, 6.45) is 3.40. The molecule has 0 amide bonds. The highest BCUT2D eigenvalue weighted by atomic mass is 19.1. The van der Waals surface area contributed by atoms with Crippen molar-refractivity contribution < 1.29 is 13.9 Å². The van der Waals surface area contributed by atoms with Crippen molar-refractivity contribution in [3.63, 3.8) is 0 Å². The number of aliphatic hydroxyl groups excluding tert-OH is 1. The van der Waals surface area contributed by atoms with Crippen molar-refractivity contribution in [1.29, 1.82) is 0 Å². The molecule has 0 aliphatic rings. The lowest BCUT2D eigenvalue weighted by atomic mass is 10.0. The van der Waals surface area contributed by atoms with Crippen molar-refractivity contribution in [2.24, 2.45) is 0 Å². The number of aromatic nitrogens is 1. The fraction of sp³-hybridized carbons (Fsp3) is 0.214. The fourth-order valence-electron chi connectivity index (χ4n) is 1.78. The van der Waals surface area contributed by atoms with Crippen molar-refractivity contribution in [1.82, 2.24) is 4.98 Å². The molecule has 18 heavy (non-hydrogen) atoms. The van der Waals surface area contributed by atoms with Crippen molar-refractivity contribution >= 4 is 0 Å². The Morgan fingerprint density at radius 2 is 1.83 bits per heavy atom. The molecule has 2 rings (SSSR count). The molecule has 1 N–H and O–H groups in total. The van der Waals surface area contributed by atoms with Crippen LogP contribution in [0.3, 0.4) is 0 Å². The quantitative estimate of drug-likeness (QED) is 0.903. The van der Waals surface area contributed by atoms with Crippen LogP contribution in [0.4, 0.5) is 8.78 Å². The van der Waals surface area contributed by atoms with Gasteiger partial charge in [-0.1, -0.05) is 6.07 Å². The number of rotatable bonds is 4. The van der Waals surface area contributed by atoms with Crippen molar-refractivity contribution in [2.75, 3.05) is 0 Å². The highest BCUT2D eigenvalue weighted by molar-refractivity contribution is 5.21. The molecular weight excluding hydrogens is 236 g/mol. The fourth-order valence-corrected chi connectivity index (χ4v) is 1.78. The number of hydrogen-bond acceptors (Lipinski definition) is 2. The van der Waals surface area contributed by atoms with Crippen molar-refractivity contribution in [3.8, 4) is 0 Å². The normalized spacial score (nSPS) is 12.4. The van der Waals surface area contributed by atoms with Gasteiger partial charge in [-0.25, -0.2) is 8.78 Å². The third-order valence-corrected chi connectivity index (χ3v) is 2.78. The van der Waals surface area contributed by atoms with Crippen LogP contribution >= 0.6 is 0 Å². The van der Waals surface area contributed by atoms with Crippen LogP contribution in [0.2, 0.25) is 0 Å². The van der Waals surface area contributed by atoms with E-state index in [4.69, 9.17) is 0 Å². The van der Waals surface area contributed by atoms with Crippen LogP contribution in [-0.4, -0.2) is 10.1 Å². The molecule has 0 spiro atoms. The molecule has 1 aromatic carbocycles. The van der Waals surface area contributed by atoms with E-state index in [1.165, 1.54) is 6.07 Å². The van der Waals surface area contributed by atoms with Crippen LogP contribution in [0.1, 0.15) is 23.7 Å². The minimum atomic E-state index is -0.932. The van der Waals surface area contributed by atoms with Gasteiger partial charge in [0.2, 0.25) is 0 Å². The Bertz CT molecular complexity index is 516. The number of halogens is 2. The molecule has 2 aromatic rings. The SMILES string of the molecule is OC(CCc1ccncc1)c1ccc(F)cc1F. The average molecular weight is 249 g/mol. The van der Waals surface area contributed by atoms with E-state index in [0.717, 1.165) is 17.7 Å². The van der Waals surface area contributed by atoms with Crippen LogP contribution in [-0.2, 0) is 6.42 Å². The zero-order valence-electron chi connectivity index (χ0n) is 9.68. The number of aliphatic hydroxyl groups is 1. The molecule has 0 fully saturated rings. The Kier molecular flexibility index (Phi) is 3.99. The van der Waals surface area contributed by atoms with Gasteiger partial charge in [-0.2, -0.15) is 0 Å². The summed E-state index contributed by atoms with van der Waals surface area (Å²) in [6, 6.07) is 6.89. The van der Waals surface area contributed by atoms with Gasteiger partial charge in [0.05, 0.1) is 6.10 Å². The average Bonchev–Trinajstić information content (AvgIpc) is 2.37. The van der Waals surface area contributed by atoms with E-state index < -0.39 is 17.7 Å². The number of nitrogens with zero attached hydrogens (tertiary/aromatic N) is 1. The summed E-state index contributed by atoms with van der Waals surface area (Å²) in [5.41, 5.74) is 1.15. The Morgan fingerprint density at radius 1 is 1.11 bits per heavy atom. The maximum Gasteiger partial charge on any atom is 0.131 e. The molecule has 0 bridgehead atoms. The molecule has 94 valence electrons. The standard InChI is InChI=1S/C14H13F2NO/c15-11-2-3-12(13(16)9-11)14(18)4-1-10-5-7-17-8-6-10/h2-3,5-9,14,18H,1,4H2. The van der Waals surface area contributed by atoms with Crippen molar-refractivity contribution in [3.05, 3.63) is 65.5 Å². The summed E-state index contributed by atoms with van der Waals surface area (Å²) in [5, 5.41) is 9.88. The van der Waals surface area contributed by atoms with Gasteiger partial charge in [0.25, 0.3) is 0 Å². The maximum atomic E-state index is 13.4. The molecule has 0 saturated carbocycles. The smallest absolute Gasteiger partial charge is 0.131 e. The highest BCUT2D eigenvalue weighted by Crippen LogP contribution is 2.22. The van der Waals surface area contributed by atoms with Gasteiger partial charge in [-0.3, -0.25) is 4.98 Å². The van der Waals surface area contributed by atoms with Crippen molar-refractivity contribution in [2.45, 2.75) is 18.9 Å². The summed E-state index contributed by atoms with van der Waals surface area (Å²) in [4.78, 5) is 3.89. The lowest BCUT2D eigenvalue weighted by molar-refractivity contribution is 0.163. The van der Waals surface area contributed by atoms with Gasteiger partial charge < -0.3 is 5.11 Å². The summed E-state index contributed by atoms with van der Waals surface area (Å²) in [7, 11) is 0. The van der Waals surface area contributed by atoms with Crippen LogP contribution in [0.15, 0.2) is 42.7 Å². The largest absolute Gasteiger partial charge is 0.388 e. The second kappa shape index (κ2) is 5.69. The van der Waals surface area contributed by atoms with E-state index in [9.17, 15) is 13.9 Å². The number of hydrogen-bond donors (Lipinski definition) is 1. The van der Waals surface area contributed by atoms with Gasteiger partial charge in [0, 0.05) is 24.0 Å². The van der Waals surface area contributed by atoms with E-state index in [1.807, 2.05) is 12.1 Å². The minimum Gasteiger partial charge on any atom is -0.388 e. The summed E-state index contributed by atoms with van der Waals surface area (Å²) in [6.45, 7) is 0. The first-order valence-corrected chi connectivity index (χ1v) is 5.69. The van der Waals surface area contributed by atoms with Crippen LogP contribution < -0.4 is 0 Å². The Labute approximate surface area is 104 Å². The highest BCUT2D eigenvalue weighted by Gasteiger charge is 2.13. The third-order valence-electron chi connectivity index (χ3n) is 2.78. The minimum absolute atomic E-state index is 0.130. The predicted molar refractivity (Wildman–Crippen MR) is 63.9 cm³/mol. The number of pyridine rings is 1. The Balaban J connectivity index is 2.01. The molecule has 2 nitrogen and oxygen atoms in total. The Morgan fingerprint density at radius 3 is 2.50 bits per heavy atom. The lowest BCUT2D eigenvalue weighted by Crippen LogP contribution is -2.03. The first-order valence-electron chi connectivity index (χ1n) is 5.69. The van der Waals surface area contributed by atoms with Gasteiger partial charge in [0.1, 0.15) is 11.6 Å². The maximum absolute atomic E-state index is 13.4. The monoisotopic (exact) mass is 249 g/mol. The molecule has 1 atom stereocenters. The predicted octanol–water partition coefficient (Wildman–Crippen LogP) is 3.03. The van der Waals surface area contributed by atoms with Gasteiger partial charge in [-0.05, 0) is 36.6 Å². The zero-order chi connectivity index (χ0) is 13.0. The molecule has 0 radical (unpaired) electrons. The summed E-state index contributed by atoms with van der Waals surface area (Å²) >= 11 is 0. The third kappa shape index (κ3) is 3.11. The number of benzene rings is 1. The molecule has 4 heteroatoms. The second-order valence-electron chi connectivity index (χ2n) is 4.08. The molecule has 0 saturated heterocycles. The first-order chi connectivity index (χ1) is 8.66. The van der Waals surface area contributed by atoms with E-state index in [0.29, 0.717) is 12.8 Å². The lowest BCUT2D eigenvalue weighted by Gasteiger charge is -2.11. The van der Waals surface area contributed by atoms with Gasteiger partial charge in [-0.15, -0.1) is 0 Å². The summed E-state index contributed by atoms with van der Waals surface area (Å²) in [5.74, 6) is -1.35. The van der Waals surface area contributed by atoms with Crippen LogP contribution in [0.25, 0.3) is 0 Å².